The average Bonchev–Trinajstić information content (AvgIpc) is 2.71. The number of carbonyl (C=O) groups is 1. The summed E-state index contributed by atoms with van der Waals surface area (Å²) >= 11 is 0. The van der Waals surface area contributed by atoms with Crippen LogP contribution in [0.25, 0.3) is 0 Å². The Balaban J connectivity index is 2.22. The van der Waals surface area contributed by atoms with Crippen LogP contribution >= 0.6 is 0 Å². The van der Waals surface area contributed by atoms with Gasteiger partial charge in [-0.2, -0.15) is 0 Å². The minimum atomic E-state index is -0.696. The SMILES string of the molecule is C=C(CCCC(C)CCC/C(C)=C/CCC(C)C(=O)O)OC1C(CC)C=CC(C)C1C. The Morgan fingerprint density at radius 2 is 1.77 bits per heavy atom. The number of ether oxygens (including phenoxy) is 1. The molecule has 0 aliphatic heterocycles. The van der Waals surface area contributed by atoms with Gasteiger partial charge in [-0.15, -0.1) is 0 Å². The van der Waals surface area contributed by atoms with Crippen molar-refractivity contribution in [3.8, 4) is 0 Å². The van der Waals surface area contributed by atoms with Gasteiger partial charge in [0.25, 0.3) is 0 Å². The van der Waals surface area contributed by atoms with Gasteiger partial charge in [0.05, 0.1) is 11.7 Å². The molecule has 3 heteroatoms. The Bertz CT molecular complexity index is 603. The third kappa shape index (κ3) is 10.6. The van der Waals surface area contributed by atoms with Crippen LogP contribution in [-0.2, 0) is 9.53 Å². The van der Waals surface area contributed by atoms with Gasteiger partial charge in [-0.1, -0.05) is 77.8 Å². The van der Waals surface area contributed by atoms with Crippen molar-refractivity contribution in [3.63, 3.8) is 0 Å². The molecule has 6 atom stereocenters. The van der Waals surface area contributed by atoms with Crippen molar-refractivity contribution >= 4 is 5.97 Å². The molecule has 3 nitrogen and oxygen atoms in total. The van der Waals surface area contributed by atoms with Crippen molar-refractivity contribution in [1.29, 1.82) is 0 Å². The number of carboxylic acids is 1. The molecule has 0 fully saturated rings. The molecule has 0 saturated carbocycles. The van der Waals surface area contributed by atoms with Crippen molar-refractivity contribution in [2.24, 2.45) is 29.6 Å². The molecule has 0 bridgehead atoms. The second kappa shape index (κ2) is 14.5. The predicted octanol–water partition coefficient (Wildman–Crippen LogP) is 8.18. The molecular formula is C28H48O3. The summed E-state index contributed by atoms with van der Waals surface area (Å²) < 4.78 is 6.35. The van der Waals surface area contributed by atoms with Crippen LogP contribution in [0.4, 0.5) is 0 Å². The summed E-state index contributed by atoms with van der Waals surface area (Å²) in [4.78, 5) is 10.9. The Kier molecular flexibility index (Phi) is 12.9. The van der Waals surface area contributed by atoms with E-state index in [0.29, 0.717) is 23.7 Å². The second-order valence-corrected chi connectivity index (χ2v) is 10.1. The molecule has 0 amide bonds. The molecule has 31 heavy (non-hydrogen) atoms. The zero-order chi connectivity index (χ0) is 23.4. The van der Waals surface area contributed by atoms with Gasteiger partial charge in [-0.05, 0) is 63.2 Å². The van der Waals surface area contributed by atoms with Crippen LogP contribution in [0.2, 0.25) is 0 Å². The van der Waals surface area contributed by atoms with Crippen molar-refractivity contribution in [1.82, 2.24) is 0 Å². The number of carboxylic acid groups (broad SMARTS) is 1. The van der Waals surface area contributed by atoms with Crippen LogP contribution in [-0.4, -0.2) is 17.2 Å². The van der Waals surface area contributed by atoms with Gasteiger partial charge in [-0.3, -0.25) is 4.79 Å². The summed E-state index contributed by atoms with van der Waals surface area (Å²) in [6.07, 6.45) is 16.8. The van der Waals surface area contributed by atoms with Crippen LogP contribution in [0.5, 0.6) is 0 Å². The fourth-order valence-corrected chi connectivity index (χ4v) is 4.43. The van der Waals surface area contributed by atoms with Crippen LogP contribution in [0, 0.1) is 29.6 Å². The molecule has 0 aromatic heterocycles. The molecule has 0 aromatic carbocycles. The smallest absolute Gasteiger partial charge is 0.306 e. The van der Waals surface area contributed by atoms with E-state index in [2.05, 4.69) is 59.4 Å². The van der Waals surface area contributed by atoms with E-state index in [4.69, 9.17) is 9.84 Å². The quantitative estimate of drug-likeness (QED) is 0.210. The van der Waals surface area contributed by atoms with E-state index in [0.717, 1.165) is 44.3 Å². The number of allylic oxidation sites excluding steroid dienone is 4. The van der Waals surface area contributed by atoms with Gasteiger partial charge in [-0.25, -0.2) is 0 Å². The van der Waals surface area contributed by atoms with E-state index >= 15 is 0 Å². The maximum absolute atomic E-state index is 10.9. The largest absolute Gasteiger partial charge is 0.494 e. The predicted molar refractivity (Wildman–Crippen MR) is 132 cm³/mol. The first kappa shape index (κ1) is 27.5. The Morgan fingerprint density at radius 1 is 1.13 bits per heavy atom. The molecule has 6 unspecified atom stereocenters. The van der Waals surface area contributed by atoms with Crippen LogP contribution in [0.3, 0.4) is 0 Å². The van der Waals surface area contributed by atoms with Crippen molar-refractivity contribution in [3.05, 3.63) is 36.1 Å². The summed E-state index contributed by atoms with van der Waals surface area (Å²) in [5.74, 6) is 2.33. The highest BCUT2D eigenvalue weighted by molar-refractivity contribution is 5.69. The summed E-state index contributed by atoms with van der Waals surface area (Å²) in [6, 6.07) is 0. The van der Waals surface area contributed by atoms with Crippen molar-refractivity contribution < 1.29 is 14.6 Å². The van der Waals surface area contributed by atoms with Gasteiger partial charge in [0.1, 0.15) is 6.10 Å². The van der Waals surface area contributed by atoms with Gasteiger partial charge >= 0.3 is 5.97 Å². The third-order valence-corrected chi connectivity index (χ3v) is 7.14. The van der Waals surface area contributed by atoms with E-state index in [1.807, 2.05) is 0 Å². The molecular weight excluding hydrogens is 384 g/mol. The van der Waals surface area contributed by atoms with E-state index in [1.165, 1.54) is 24.8 Å². The first-order valence-corrected chi connectivity index (χ1v) is 12.6. The number of hydrogen-bond acceptors (Lipinski definition) is 2. The standard InChI is InChI=1S/C28H48O3/c1-8-26-19-18-22(4)25(7)27(26)31-24(6)17-11-15-21(3)13-9-12-20(2)14-10-16-23(5)28(29)30/h14,18-19,21-23,25-27H,6,8-13,15-17H2,1-5,7H3,(H,29,30)/b20-14+. The number of aliphatic carboxylic acids is 1. The molecule has 1 aliphatic carbocycles. The topological polar surface area (TPSA) is 46.5 Å². The monoisotopic (exact) mass is 432 g/mol. The summed E-state index contributed by atoms with van der Waals surface area (Å²) in [6.45, 7) is 17.3. The fraction of sp³-hybridized carbons (Fsp3) is 0.750. The highest BCUT2D eigenvalue weighted by Crippen LogP contribution is 2.34. The minimum absolute atomic E-state index is 0.253. The fourth-order valence-electron chi connectivity index (χ4n) is 4.43. The van der Waals surface area contributed by atoms with Crippen molar-refractivity contribution in [2.75, 3.05) is 0 Å². The third-order valence-electron chi connectivity index (χ3n) is 7.14. The first-order valence-electron chi connectivity index (χ1n) is 12.6. The van der Waals surface area contributed by atoms with Crippen molar-refractivity contribution in [2.45, 2.75) is 105 Å². The van der Waals surface area contributed by atoms with Gasteiger partial charge in [0.15, 0.2) is 0 Å². The second-order valence-electron chi connectivity index (χ2n) is 10.1. The normalized spacial score (nSPS) is 25.8. The van der Waals surface area contributed by atoms with E-state index in [9.17, 15) is 4.79 Å². The summed E-state index contributed by atoms with van der Waals surface area (Å²) in [5.41, 5.74) is 1.39. The van der Waals surface area contributed by atoms with Gasteiger partial charge in [0, 0.05) is 12.3 Å². The molecule has 0 aromatic rings. The maximum atomic E-state index is 10.9. The Morgan fingerprint density at radius 3 is 2.39 bits per heavy atom. The maximum Gasteiger partial charge on any atom is 0.306 e. The highest BCUT2D eigenvalue weighted by Gasteiger charge is 2.32. The molecule has 0 spiro atoms. The molecule has 1 rings (SSSR count). The lowest BCUT2D eigenvalue weighted by Gasteiger charge is -2.37. The van der Waals surface area contributed by atoms with Crippen LogP contribution in [0.15, 0.2) is 36.1 Å². The lowest BCUT2D eigenvalue weighted by Crippen LogP contribution is -2.35. The molecule has 0 heterocycles. The van der Waals surface area contributed by atoms with Crippen LogP contribution < -0.4 is 0 Å². The molecule has 1 aliphatic rings. The Hall–Kier alpha value is -1.51. The first-order chi connectivity index (χ1) is 14.6. The molecule has 178 valence electrons. The van der Waals surface area contributed by atoms with E-state index < -0.39 is 5.97 Å². The van der Waals surface area contributed by atoms with Gasteiger partial charge < -0.3 is 9.84 Å². The van der Waals surface area contributed by atoms with Gasteiger partial charge in [0.2, 0.25) is 0 Å². The minimum Gasteiger partial charge on any atom is -0.494 e. The molecule has 0 saturated heterocycles. The average molecular weight is 433 g/mol. The highest BCUT2D eigenvalue weighted by atomic mass is 16.5. The molecule has 0 radical (unpaired) electrons. The Labute approximate surface area is 192 Å². The lowest BCUT2D eigenvalue weighted by molar-refractivity contribution is -0.141. The van der Waals surface area contributed by atoms with E-state index in [1.54, 1.807) is 6.92 Å². The zero-order valence-electron chi connectivity index (χ0n) is 21.0. The zero-order valence-corrected chi connectivity index (χ0v) is 21.0. The van der Waals surface area contributed by atoms with E-state index in [-0.39, 0.29) is 12.0 Å². The summed E-state index contributed by atoms with van der Waals surface area (Å²) in [5, 5.41) is 8.95. The van der Waals surface area contributed by atoms with Crippen LogP contribution in [0.1, 0.15) is 99.3 Å². The lowest BCUT2D eigenvalue weighted by atomic mass is 9.77. The number of hydrogen-bond donors (Lipinski definition) is 1. The summed E-state index contributed by atoms with van der Waals surface area (Å²) in [7, 11) is 0. The molecule has 1 N–H and O–H groups in total. The number of rotatable bonds is 15.